The number of hydrogen-bond acceptors (Lipinski definition) is 1. The first kappa shape index (κ1) is 19.2. The van der Waals surface area contributed by atoms with Crippen molar-refractivity contribution in [2.45, 2.75) is 34.1 Å². The molecule has 1 aromatic carbocycles. The summed E-state index contributed by atoms with van der Waals surface area (Å²) in [7, 11) is 0. The third kappa shape index (κ3) is 41.7. The van der Waals surface area contributed by atoms with E-state index in [1.54, 1.807) is 11.8 Å². The van der Waals surface area contributed by atoms with E-state index in [0.29, 0.717) is 0 Å². The minimum atomic E-state index is 1.25. The monoisotopic (exact) mass is 214 g/mol. The van der Waals surface area contributed by atoms with Crippen LogP contribution in [-0.4, -0.2) is 12.5 Å². The lowest BCUT2D eigenvalue weighted by Crippen LogP contribution is -1.47. The zero-order valence-electron chi connectivity index (χ0n) is 10.6. The van der Waals surface area contributed by atoms with Crippen LogP contribution in [0.3, 0.4) is 0 Å². The van der Waals surface area contributed by atoms with Gasteiger partial charge in [0.15, 0.2) is 0 Å². The first-order valence-electron chi connectivity index (χ1n) is 5.23. The van der Waals surface area contributed by atoms with Gasteiger partial charge in [-0.1, -0.05) is 70.5 Å². The van der Waals surface area contributed by atoms with Crippen molar-refractivity contribution >= 4 is 11.8 Å². The molecular formula is C13H26S. The fourth-order valence-corrected chi connectivity index (χ4v) is 0.385. The van der Waals surface area contributed by atoms with Gasteiger partial charge in [-0.25, -0.2) is 0 Å². The second kappa shape index (κ2) is 29.4. The second-order valence-electron chi connectivity index (χ2n) is 2.27. The van der Waals surface area contributed by atoms with Crippen LogP contribution >= 0.6 is 11.8 Å². The highest BCUT2D eigenvalue weighted by Crippen LogP contribution is 1.79. The van der Waals surface area contributed by atoms with Crippen LogP contribution in [0.1, 0.15) is 34.1 Å². The molecule has 0 saturated heterocycles. The Hall–Kier alpha value is -0.430. The highest BCUT2D eigenvalue weighted by molar-refractivity contribution is 7.97. The average molecular weight is 214 g/mol. The van der Waals surface area contributed by atoms with Gasteiger partial charge in [-0.05, 0) is 12.5 Å². The quantitative estimate of drug-likeness (QED) is 0.578. The summed E-state index contributed by atoms with van der Waals surface area (Å²) < 4.78 is 0. The Kier molecular flexibility index (Phi) is 40.3. The molecule has 0 aliphatic carbocycles. The highest BCUT2D eigenvalue weighted by Gasteiger charge is 1.57. The van der Waals surface area contributed by atoms with Gasteiger partial charge in [0, 0.05) is 0 Å². The minimum absolute atomic E-state index is 1.25. The summed E-state index contributed by atoms with van der Waals surface area (Å²) in [4.78, 5) is 0. The van der Waals surface area contributed by atoms with Crippen molar-refractivity contribution in [3.05, 3.63) is 36.4 Å². The maximum absolute atomic E-state index is 2.12. The van der Waals surface area contributed by atoms with Gasteiger partial charge in [0.05, 0.1) is 0 Å². The standard InChI is InChI=1S/C6H6.C3H8.C2H6S.C2H6/c1-2-4-6-5-3-1;2*1-3-2;1-2/h1-6H;3H2,1-2H3;1-2H3;1-2H3. The van der Waals surface area contributed by atoms with Crippen LogP contribution in [0.25, 0.3) is 0 Å². The van der Waals surface area contributed by atoms with Crippen molar-refractivity contribution in [2.75, 3.05) is 12.5 Å². The normalized spacial score (nSPS) is 6.43. The van der Waals surface area contributed by atoms with Crippen molar-refractivity contribution in [1.82, 2.24) is 0 Å². The predicted molar refractivity (Wildman–Crippen MR) is 73.2 cm³/mol. The van der Waals surface area contributed by atoms with Crippen molar-refractivity contribution < 1.29 is 0 Å². The molecule has 0 heterocycles. The summed E-state index contributed by atoms with van der Waals surface area (Å²) in [6, 6.07) is 12.0. The Morgan fingerprint density at radius 1 is 0.714 bits per heavy atom. The topological polar surface area (TPSA) is 0 Å². The van der Waals surface area contributed by atoms with Gasteiger partial charge < -0.3 is 0 Å². The maximum Gasteiger partial charge on any atom is -0.0187 e. The second-order valence-corrected chi connectivity index (χ2v) is 3.09. The Bertz CT molecular complexity index is 97.2. The van der Waals surface area contributed by atoms with Gasteiger partial charge in [-0.15, -0.1) is 0 Å². The Morgan fingerprint density at radius 3 is 0.857 bits per heavy atom. The highest BCUT2D eigenvalue weighted by atomic mass is 32.2. The molecule has 0 N–H and O–H groups in total. The van der Waals surface area contributed by atoms with Gasteiger partial charge in [-0.2, -0.15) is 11.8 Å². The first-order valence-corrected chi connectivity index (χ1v) is 6.86. The van der Waals surface area contributed by atoms with Gasteiger partial charge in [0.2, 0.25) is 0 Å². The smallest absolute Gasteiger partial charge is 0.0187 e. The molecule has 0 bridgehead atoms. The summed E-state index contributed by atoms with van der Waals surface area (Å²) in [5.74, 6) is 0. The molecule has 84 valence electrons. The SMILES string of the molecule is CC.CCC.CSC.c1ccccc1. The minimum Gasteiger partial charge on any atom is -0.169 e. The van der Waals surface area contributed by atoms with E-state index in [-0.39, 0.29) is 0 Å². The molecule has 1 heteroatoms. The Balaban J connectivity index is -0.000000132. The lowest BCUT2D eigenvalue weighted by molar-refractivity contribution is 1.09. The van der Waals surface area contributed by atoms with E-state index in [1.165, 1.54) is 6.42 Å². The van der Waals surface area contributed by atoms with Gasteiger partial charge >= 0.3 is 0 Å². The van der Waals surface area contributed by atoms with Crippen molar-refractivity contribution in [3.63, 3.8) is 0 Å². The largest absolute Gasteiger partial charge is 0.169 e. The predicted octanol–water partition coefficient (Wildman–Crippen LogP) is 5.11. The Labute approximate surface area is 95.1 Å². The first-order chi connectivity index (χ1) is 6.83. The molecule has 0 aromatic heterocycles. The molecule has 0 amide bonds. The number of benzene rings is 1. The number of thioether (sulfide) groups is 1. The maximum atomic E-state index is 2.12. The van der Waals surface area contributed by atoms with Crippen molar-refractivity contribution in [3.8, 4) is 0 Å². The average Bonchev–Trinajstić information content (AvgIpc) is 2.26. The van der Waals surface area contributed by atoms with Crippen LogP contribution in [0.4, 0.5) is 0 Å². The molecule has 1 aromatic rings. The van der Waals surface area contributed by atoms with Gasteiger partial charge in [0.1, 0.15) is 0 Å². The van der Waals surface area contributed by atoms with Crippen LogP contribution in [-0.2, 0) is 0 Å². The summed E-state index contributed by atoms with van der Waals surface area (Å²) in [5, 5.41) is 0. The van der Waals surface area contributed by atoms with E-state index in [1.807, 2.05) is 62.8 Å². The van der Waals surface area contributed by atoms with Crippen LogP contribution in [0, 0.1) is 0 Å². The summed E-state index contributed by atoms with van der Waals surface area (Å²) in [6.07, 6.45) is 5.33. The molecule has 1 rings (SSSR count). The van der Waals surface area contributed by atoms with Crippen molar-refractivity contribution in [1.29, 1.82) is 0 Å². The molecule has 0 spiro atoms. The summed E-state index contributed by atoms with van der Waals surface area (Å²) in [6.45, 7) is 8.25. The van der Waals surface area contributed by atoms with Gasteiger partial charge in [0.25, 0.3) is 0 Å². The molecule has 0 nitrogen and oxygen atoms in total. The molecule has 0 unspecified atom stereocenters. The molecule has 14 heavy (non-hydrogen) atoms. The van der Waals surface area contributed by atoms with E-state index in [9.17, 15) is 0 Å². The van der Waals surface area contributed by atoms with E-state index in [2.05, 4.69) is 13.8 Å². The molecule has 0 saturated carbocycles. The molecule has 0 atom stereocenters. The summed E-state index contributed by atoms with van der Waals surface area (Å²) >= 11 is 1.75. The van der Waals surface area contributed by atoms with Crippen LogP contribution in [0.15, 0.2) is 36.4 Å². The molecule has 0 fully saturated rings. The lowest BCUT2D eigenvalue weighted by atomic mass is 10.4. The lowest BCUT2D eigenvalue weighted by Gasteiger charge is -1.69. The van der Waals surface area contributed by atoms with Crippen molar-refractivity contribution in [2.24, 2.45) is 0 Å². The molecular weight excluding hydrogens is 188 g/mol. The third-order valence-corrected chi connectivity index (χ3v) is 0.667. The third-order valence-electron chi connectivity index (χ3n) is 0.667. The van der Waals surface area contributed by atoms with E-state index < -0.39 is 0 Å². The molecule has 0 aliphatic heterocycles. The number of rotatable bonds is 0. The number of hydrogen-bond donors (Lipinski definition) is 0. The zero-order valence-corrected chi connectivity index (χ0v) is 11.4. The van der Waals surface area contributed by atoms with Crippen LogP contribution in [0.5, 0.6) is 0 Å². The van der Waals surface area contributed by atoms with Crippen LogP contribution < -0.4 is 0 Å². The Morgan fingerprint density at radius 2 is 0.786 bits per heavy atom. The van der Waals surface area contributed by atoms with E-state index in [0.717, 1.165) is 0 Å². The fraction of sp³-hybridized carbons (Fsp3) is 0.538. The molecule has 0 aliphatic rings. The van der Waals surface area contributed by atoms with Gasteiger partial charge in [-0.3, -0.25) is 0 Å². The summed E-state index contributed by atoms with van der Waals surface area (Å²) in [5.41, 5.74) is 0. The van der Waals surface area contributed by atoms with Crippen LogP contribution in [0.2, 0.25) is 0 Å². The fourth-order valence-electron chi connectivity index (χ4n) is 0.385. The molecule has 0 radical (unpaired) electrons. The van der Waals surface area contributed by atoms with E-state index in [4.69, 9.17) is 0 Å². The zero-order chi connectivity index (χ0) is 11.7. The van der Waals surface area contributed by atoms with E-state index >= 15 is 0 Å².